The lowest BCUT2D eigenvalue weighted by molar-refractivity contribution is -0.144. The molecule has 0 aromatic rings. The van der Waals surface area contributed by atoms with E-state index < -0.39 is 0 Å². The van der Waals surface area contributed by atoms with Crippen molar-refractivity contribution >= 4 is 11.9 Å². The molecular weight excluding hydrogens is 594 g/mol. The number of likely N-dealkylation sites (N-methyl/N-ethyl adjacent to an activating group) is 1. The van der Waals surface area contributed by atoms with Crippen molar-refractivity contribution in [3.8, 4) is 0 Å². The summed E-state index contributed by atoms with van der Waals surface area (Å²) < 4.78 is 11.2. The van der Waals surface area contributed by atoms with Crippen molar-refractivity contribution in [2.45, 2.75) is 138 Å². The average Bonchev–Trinajstić information content (AvgIpc) is 3.38. The van der Waals surface area contributed by atoms with Crippen molar-refractivity contribution in [2.75, 3.05) is 33.9 Å². The Kier molecular flexibility index (Phi) is 13.9. The highest BCUT2D eigenvalue weighted by atomic mass is 16.5. The van der Waals surface area contributed by atoms with Gasteiger partial charge in [-0.3, -0.25) is 0 Å². The van der Waals surface area contributed by atoms with Gasteiger partial charge in [0.1, 0.15) is 0 Å². The third-order valence-electron chi connectivity index (χ3n) is 14.2. The van der Waals surface area contributed by atoms with Crippen LogP contribution in [0.3, 0.4) is 0 Å². The molecule has 4 saturated carbocycles. The molecule has 274 valence electrons. The molecule has 0 saturated heterocycles. The molecule has 4 aliphatic carbocycles. The van der Waals surface area contributed by atoms with Gasteiger partial charge in [-0.15, -0.1) is 0 Å². The summed E-state index contributed by atoms with van der Waals surface area (Å²) >= 11 is 0. The zero-order chi connectivity index (χ0) is 35.2. The number of fused-ring (bicyclic) bond motifs is 5. The molecular formula is C43H73NO4. The van der Waals surface area contributed by atoms with Crippen molar-refractivity contribution in [3.63, 3.8) is 0 Å². The Balaban J connectivity index is 1.29. The summed E-state index contributed by atoms with van der Waals surface area (Å²) in [6, 6.07) is 0. The summed E-state index contributed by atoms with van der Waals surface area (Å²) in [7, 11) is 3.81. The molecule has 0 aromatic carbocycles. The maximum absolute atomic E-state index is 12.5. The SMILES string of the molecule is C=C(C)C(=O)OCC(CCC[C@H]1CC[C@@]2(C)[C@@H](CC[C@@H]3[C@@H]2CC[C@]2(C)[C@@H]([C@H](C)CCCC(C)C)CC[C@@H]32)C1)COC(=O)C(=C)CN(C)C. The number of hydrogen-bond acceptors (Lipinski definition) is 5. The van der Waals surface area contributed by atoms with Crippen LogP contribution in [-0.2, 0) is 19.1 Å². The van der Waals surface area contributed by atoms with E-state index >= 15 is 0 Å². The largest absolute Gasteiger partial charge is 0.462 e. The third kappa shape index (κ3) is 9.38. The maximum Gasteiger partial charge on any atom is 0.334 e. The molecule has 0 spiro atoms. The molecule has 4 rings (SSSR count). The van der Waals surface area contributed by atoms with Gasteiger partial charge in [0.25, 0.3) is 0 Å². The monoisotopic (exact) mass is 668 g/mol. The molecule has 0 heterocycles. The van der Waals surface area contributed by atoms with Gasteiger partial charge in [-0.2, -0.15) is 0 Å². The summed E-state index contributed by atoms with van der Waals surface area (Å²) in [5.74, 6) is 6.36. The fourth-order valence-corrected chi connectivity index (χ4v) is 11.6. The predicted molar refractivity (Wildman–Crippen MR) is 198 cm³/mol. The smallest absolute Gasteiger partial charge is 0.334 e. The van der Waals surface area contributed by atoms with Gasteiger partial charge in [0, 0.05) is 23.6 Å². The summed E-state index contributed by atoms with van der Waals surface area (Å²) in [4.78, 5) is 26.6. The van der Waals surface area contributed by atoms with E-state index in [0.29, 0.717) is 28.5 Å². The van der Waals surface area contributed by atoms with Gasteiger partial charge in [0.2, 0.25) is 0 Å². The second-order valence-corrected chi connectivity index (χ2v) is 18.4. The maximum atomic E-state index is 12.5. The first-order valence-corrected chi connectivity index (χ1v) is 20.0. The van der Waals surface area contributed by atoms with E-state index in [1.807, 2.05) is 19.0 Å². The van der Waals surface area contributed by atoms with Crippen LogP contribution in [0.5, 0.6) is 0 Å². The number of carbonyl (C=O) groups is 2. The van der Waals surface area contributed by atoms with E-state index in [4.69, 9.17) is 9.47 Å². The van der Waals surface area contributed by atoms with Gasteiger partial charge < -0.3 is 14.4 Å². The number of carbonyl (C=O) groups excluding carboxylic acids is 2. The van der Waals surface area contributed by atoms with Crippen LogP contribution in [0.25, 0.3) is 0 Å². The molecule has 4 aliphatic rings. The molecule has 5 nitrogen and oxygen atoms in total. The zero-order valence-electron chi connectivity index (χ0n) is 32.4. The highest BCUT2D eigenvalue weighted by Crippen LogP contribution is 2.68. The van der Waals surface area contributed by atoms with Crippen molar-refractivity contribution in [1.29, 1.82) is 0 Å². The van der Waals surface area contributed by atoms with Crippen LogP contribution in [0.4, 0.5) is 0 Å². The fraction of sp³-hybridized carbons (Fsp3) is 0.860. The van der Waals surface area contributed by atoms with Gasteiger partial charge >= 0.3 is 11.9 Å². The lowest BCUT2D eigenvalue weighted by Gasteiger charge is -2.61. The number of hydrogen-bond donors (Lipinski definition) is 0. The minimum atomic E-state index is -0.377. The van der Waals surface area contributed by atoms with Gasteiger partial charge in [-0.05, 0) is 143 Å². The van der Waals surface area contributed by atoms with E-state index in [0.717, 1.165) is 60.2 Å². The van der Waals surface area contributed by atoms with Crippen LogP contribution in [0.2, 0.25) is 0 Å². The molecule has 0 bridgehead atoms. The molecule has 0 N–H and O–H groups in total. The van der Waals surface area contributed by atoms with E-state index in [1.54, 1.807) is 6.92 Å². The van der Waals surface area contributed by atoms with Crippen molar-refractivity contribution < 1.29 is 19.1 Å². The topological polar surface area (TPSA) is 55.8 Å². The normalized spacial score (nSPS) is 34.1. The standard InChI is InChI=1S/C43H73NO4/c1-29(2)13-11-14-31(5)37-19-20-38-36-18-17-35-25-33(21-23-42(35,7)39(36)22-24-43(37,38)8)15-12-16-34(27-47-40(45)30(3)4)28-48-41(46)32(6)26-44(9)10/h29,31,33-39H,3,6,11-28H2,1-2,4-5,7-10H3/t31-,33+,34?,35+,36+,37-,38+,39+,42+,43-/m1/s1. The first-order valence-electron chi connectivity index (χ1n) is 20.0. The summed E-state index contributed by atoms with van der Waals surface area (Å²) in [6.07, 6.45) is 20.3. The molecule has 10 atom stereocenters. The van der Waals surface area contributed by atoms with E-state index in [1.165, 1.54) is 83.5 Å². The predicted octanol–water partition coefficient (Wildman–Crippen LogP) is 10.3. The van der Waals surface area contributed by atoms with Crippen molar-refractivity contribution in [2.24, 2.45) is 64.1 Å². The van der Waals surface area contributed by atoms with Crippen LogP contribution in [0, 0.1) is 64.1 Å². The molecule has 48 heavy (non-hydrogen) atoms. The summed E-state index contributed by atoms with van der Waals surface area (Å²) in [5, 5.41) is 0. The summed E-state index contributed by atoms with van der Waals surface area (Å²) in [6.45, 7) is 23.0. The molecule has 0 amide bonds. The lowest BCUT2D eigenvalue weighted by Crippen LogP contribution is -2.53. The van der Waals surface area contributed by atoms with Gasteiger partial charge in [0.15, 0.2) is 0 Å². The van der Waals surface area contributed by atoms with E-state index in [2.05, 4.69) is 47.8 Å². The van der Waals surface area contributed by atoms with Crippen LogP contribution in [-0.4, -0.2) is 50.7 Å². The molecule has 5 heteroatoms. The van der Waals surface area contributed by atoms with Crippen LogP contribution in [0.1, 0.15) is 138 Å². The highest BCUT2D eigenvalue weighted by molar-refractivity contribution is 5.88. The molecule has 0 aromatic heterocycles. The zero-order valence-corrected chi connectivity index (χ0v) is 32.4. The average molecular weight is 668 g/mol. The van der Waals surface area contributed by atoms with Gasteiger partial charge in [0.05, 0.1) is 13.2 Å². The minimum absolute atomic E-state index is 0.0154. The Morgan fingerprint density at radius 2 is 1.48 bits per heavy atom. The first kappa shape index (κ1) is 39.2. The fourth-order valence-electron chi connectivity index (χ4n) is 11.6. The van der Waals surface area contributed by atoms with Crippen molar-refractivity contribution in [3.05, 3.63) is 24.3 Å². The Morgan fingerprint density at radius 3 is 2.15 bits per heavy atom. The molecule has 0 aliphatic heterocycles. The Morgan fingerprint density at radius 1 is 0.812 bits per heavy atom. The Labute approximate surface area is 295 Å². The van der Waals surface area contributed by atoms with E-state index in [9.17, 15) is 9.59 Å². The van der Waals surface area contributed by atoms with Crippen molar-refractivity contribution in [1.82, 2.24) is 4.90 Å². The van der Waals surface area contributed by atoms with Crippen LogP contribution in [0.15, 0.2) is 24.3 Å². The number of ether oxygens (including phenoxy) is 2. The number of rotatable bonds is 17. The summed E-state index contributed by atoms with van der Waals surface area (Å²) in [5.41, 5.74) is 1.93. The molecule has 1 unspecified atom stereocenters. The lowest BCUT2D eigenvalue weighted by atomic mass is 9.44. The highest BCUT2D eigenvalue weighted by Gasteiger charge is 2.60. The molecule has 4 fully saturated rings. The second kappa shape index (κ2) is 17.1. The third-order valence-corrected chi connectivity index (χ3v) is 14.2. The second-order valence-electron chi connectivity index (χ2n) is 18.4. The van der Waals surface area contributed by atoms with Crippen LogP contribution >= 0.6 is 0 Å². The minimum Gasteiger partial charge on any atom is -0.462 e. The number of esters is 2. The van der Waals surface area contributed by atoms with E-state index in [-0.39, 0.29) is 31.1 Å². The first-order chi connectivity index (χ1) is 22.7. The number of nitrogens with zero attached hydrogens (tertiary/aromatic N) is 1. The Bertz CT molecular complexity index is 1110. The molecule has 0 radical (unpaired) electrons. The van der Waals surface area contributed by atoms with Gasteiger partial charge in [-0.25, -0.2) is 9.59 Å². The van der Waals surface area contributed by atoms with Gasteiger partial charge in [-0.1, -0.05) is 79.9 Å². The quantitative estimate of drug-likeness (QED) is 0.114. The van der Waals surface area contributed by atoms with Crippen LogP contribution < -0.4 is 0 Å². The Hall–Kier alpha value is -1.62.